The molecule has 4 aromatic rings. The lowest BCUT2D eigenvalue weighted by atomic mass is 9.89. The number of carbonyl (C=O) groups excluding carboxylic acids is 1. The number of aromatic nitrogens is 1. The number of fused-ring (bicyclic) bond motifs is 1. The minimum Gasteiger partial charge on any atom is -0.331 e. The highest BCUT2D eigenvalue weighted by atomic mass is 35.5. The lowest BCUT2D eigenvalue weighted by molar-refractivity contribution is 0.0605. The van der Waals surface area contributed by atoms with Gasteiger partial charge in [-0.1, -0.05) is 36.7 Å². The van der Waals surface area contributed by atoms with Crippen molar-refractivity contribution in [2.75, 3.05) is 6.54 Å². The molecule has 38 heavy (non-hydrogen) atoms. The Morgan fingerprint density at radius 2 is 1.84 bits per heavy atom. The predicted octanol–water partition coefficient (Wildman–Crippen LogP) is 7.85. The minimum absolute atomic E-state index is 0.0228. The molecule has 198 valence electrons. The van der Waals surface area contributed by atoms with Crippen LogP contribution in [0.1, 0.15) is 54.3 Å². The summed E-state index contributed by atoms with van der Waals surface area (Å²) in [5.74, 6) is -2.15. The van der Waals surface area contributed by atoms with Crippen LogP contribution >= 0.6 is 22.9 Å². The van der Waals surface area contributed by atoms with Gasteiger partial charge in [-0.15, -0.1) is 11.3 Å². The van der Waals surface area contributed by atoms with Crippen LogP contribution in [0, 0.1) is 11.6 Å². The number of halogens is 3. The number of pyridine rings is 1. The van der Waals surface area contributed by atoms with Crippen molar-refractivity contribution in [2.24, 2.45) is 0 Å². The Bertz CT molecular complexity index is 1420. The summed E-state index contributed by atoms with van der Waals surface area (Å²) in [6.07, 6.45) is 8.28. The van der Waals surface area contributed by atoms with Crippen LogP contribution in [0.5, 0.6) is 0 Å². The van der Waals surface area contributed by atoms with E-state index in [1.807, 2.05) is 35.2 Å². The fourth-order valence-electron chi connectivity index (χ4n) is 5.24. The molecule has 0 spiro atoms. The van der Waals surface area contributed by atoms with E-state index in [9.17, 15) is 13.6 Å². The first kappa shape index (κ1) is 26.7. The molecule has 8 heteroatoms. The molecule has 1 saturated carbocycles. The Balaban J connectivity index is 1.47. The first-order chi connectivity index (χ1) is 18.5. The second-order valence-electron chi connectivity index (χ2n) is 9.81. The average Bonchev–Trinajstić information content (AvgIpc) is 3.30. The molecule has 1 fully saturated rings. The van der Waals surface area contributed by atoms with Crippen LogP contribution in [-0.2, 0) is 6.54 Å². The Labute approximate surface area is 230 Å². The molecular weight excluding hydrogens is 524 g/mol. The zero-order valence-corrected chi connectivity index (χ0v) is 22.8. The van der Waals surface area contributed by atoms with Gasteiger partial charge in [0.25, 0.3) is 5.91 Å². The van der Waals surface area contributed by atoms with Crippen molar-refractivity contribution in [1.82, 2.24) is 15.2 Å². The van der Waals surface area contributed by atoms with Crippen LogP contribution in [0.3, 0.4) is 0 Å². The highest BCUT2D eigenvalue weighted by Gasteiger charge is 2.32. The standard InChI is InChI=1S/C30H30ClF2N3OS/c1-2-14-35-22-6-8-23(9-7-22)36(18-19-4-3-5-21(17-19)20-12-15-34-16-13-20)30(37)29-26(31)24-10-11-25(32)27(33)28(24)38-29/h3-5,10-13,15-17,22-23,35H,2,6-9,14,18H2,1H3. The third kappa shape index (κ3) is 5.60. The highest BCUT2D eigenvalue weighted by Crippen LogP contribution is 2.39. The summed E-state index contributed by atoms with van der Waals surface area (Å²) in [7, 11) is 0. The molecule has 2 aromatic carbocycles. The lowest BCUT2D eigenvalue weighted by Gasteiger charge is -2.37. The number of hydrogen-bond acceptors (Lipinski definition) is 4. The Hall–Kier alpha value is -2.87. The number of rotatable bonds is 8. The Kier molecular flexibility index (Phi) is 8.36. The second kappa shape index (κ2) is 11.9. The van der Waals surface area contributed by atoms with Gasteiger partial charge >= 0.3 is 0 Å². The van der Waals surface area contributed by atoms with Gasteiger partial charge < -0.3 is 10.2 Å². The first-order valence-corrected chi connectivity index (χ1v) is 14.3. The number of nitrogens with one attached hydrogen (secondary N) is 1. The summed E-state index contributed by atoms with van der Waals surface area (Å²) in [5.41, 5.74) is 3.09. The lowest BCUT2D eigenvalue weighted by Crippen LogP contribution is -2.45. The maximum absolute atomic E-state index is 14.5. The van der Waals surface area contributed by atoms with Gasteiger partial charge in [-0.3, -0.25) is 9.78 Å². The zero-order chi connectivity index (χ0) is 26.6. The van der Waals surface area contributed by atoms with Crippen LogP contribution < -0.4 is 5.32 Å². The van der Waals surface area contributed by atoms with Gasteiger partial charge in [-0.25, -0.2) is 8.78 Å². The molecular formula is C30H30ClF2N3OS. The SMILES string of the molecule is CCCNC1CCC(N(Cc2cccc(-c3ccncc3)c2)C(=O)c2sc3c(F)c(F)ccc3c2Cl)CC1. The molecule has 1 N–H and O–H groups in total. The van der Waals surface area contributed by atoms with Crippen molar-refractivity contribution in [3.8, 4) is 11.1 Å². The molecule has 0 saturated heterocycles. The summed E-state index contributed by atoms with van der Waals surface area (Å²) in [6.45, 7) is 3.54. The van der Waals surface area contributed by atoms with E-state index < -0.39 is 11.6 Å². The molecule has 0 radical (unpaired) electrons. The molecule has 2 aromatic heterocycles. The van der Waals surface area contributed by atoms with Crippen molar-refractivity contribution < 1.29 is 13.6 Å². The van der Waals surface area contributed by atoms with Crippen LogP contribution in [0.15, 0.2) is 60.9 Å². The third-order valence-electron chi connectivity index (χ3n) is 7.26. The second-order valence-corrected chi connectivity index (χ2v) is 11.2. The summed E-state index contributed by atoms with van der Waals surface area (Å²) in [6, 6.07) is 15.0. The molecule has 1 aliphatic rings. The molecule has 1 aliphatic carbocycles. The Morgan fingerprint density at radius 1 is 1.08 bits per heavy atom. The van der Waals surface area contributed by atoms with Crippen molar-refractivity contribution in [3.05, 3.63) is 88.0 Å². The smallest absolute Gasteiger partial charge is 0.266 e. The van der Waals surface area contributed by atoms with Crippen LogP contribution in [0.25, 0.3) is 21.2 Å². The van der Waals surface area contributed by atoms with Crippen molar-refractivity contribution in [2.45, 2.75) is 57.7 Å². The van der Waals surface area contributed by atoms with E-state index in [-0.39, 0.29) is 26.5 Å². The number of hydrogen-bond donors (Lipinski definition) is 1. The molecule has 4 nitrogen and oxygen atoms in total. The van der Waals surface area contributed by atoms with Gasteiger partial charge in [0.1, 0.15) is 4.88 Å². The molecule has 2 heterocycles. The van der Waals surface area contributed by atoms with Gasteiger partial charge in [0.2, 0.25) is 0 Å². The van der Waals surface area contributed by atoms with E-state index in [0.29, 0.717) is 18.0 Å². The summed E-state index contributed by atoms with van der Waals surface area (Å²) >= 11 is 7.54. The normalized spacial score (nSPS) is 17.6. The quantitative estimate of drug-likeness (QED) is 0.242. The van der Waals surface area contributed by atoms with E-state index in [4.69, 9.17) is 11.6 Å². The largest absolute Gasteiger partial charge is 0.331 e. The van der Waals surface area contributed by atoms with Gasteiger partial charge in [0, 0.05) is 36.4 Å². The maximum atomic E-state index is 14.5. The molecule has 1 amide bonds. The van der Waals surface area contributed by atoms with Gasteiger partial charge in [0.15, 0.2) is 11.6 Å². The average molecular weight is 554 g/mol. The first-order valence-electron chi connectivity index (χ1n) is 13.1. The van der Waals surface area contributed by atoms with Crippen molar-refractivity contribution >= 4 is 38.9 Å². The summed E-state index contributed by atoms with van der Waals surface area (Å²) < 4.78 is 28.5. The summed E-state index contributed by atoms with van der Waals surface area (Å²) in [5, 5.41) is 4.15. The molecule has 0 unspecified atom stereocenters. The summed E-state index contributed by atoms with van der Waals surface area (Å²) in [4.78, 5) is 20.3. The zero-order valence-electron chi connectivity index (χ0n) is 21.2. The minimum atomic E-state index is -0.965. The van der Waals surface area contributed by atoms with E-state index in [2.05, 4.69) is 23.3 Å². The van der Waals surface area contributed by atoms with Crippen LogP contribution in [-0.4, -0.2) is 34.4 Å². The number of amides is 1. The monoisotopic (exact) mass is 553 g/mol. The topological polar surface area (TPSA) is 45.2 Å². The van der Waals surface area contributed by atoms with Crippen molar-refractivity contribution in [3.63, 3.8) is 0 Å². The van der Waals surface area contributed by atoms with Crippen LogP contribution in [0.4, 0.5) is 8.78 Å². The Morgan fingerprint density at radius 3 is 2.58 bits per heavy atom. The number of benzene rings is 2. The molecule has 5 rings (SSSR count). The van der Waals surface area contributed by atoms with E-state index >= 15 is 0 Å². The van der Waals surface area contributed by atoms with Gasteiger partial charge in [-0.2, -0.15) is 0 Å². The third-order valence-corrected chi connectivity index (χ3v) is 8.95. The van der Waals surface area contributed by atoms with Crippen molar-refractivity contribution in [1.29, 1.82) is 0 Å². The fraction of sp³-hybridized carbons (Fsp3) is 0.333. The van der Waals surface area contributed by atoms with Gasteiger partial charge in [0.05, 0.1) is 9.72 Å². The molecule has 0 aliphatic heterocycles. The number of carbonyl (C=O) groups is 1. The maximum Gasteiger partial charge on any atom is 0.266 e. The van der Waals surface area contributed by atoms with E-state index in [1.165, 1.54) is 6.07 Å². The van der Waals surface area contributed by atoms with Crippen LogP contribution in [0.2, 0.25) is 5.02 Å². The van der Waals surface area contributed by atoms with Gasteiger partial charge in [-0.05, 0) is 85.7 Å². The predicted molar refractivity (Wildman–Crippen MR) is 151 cm³/mol. The van der Waals surface area contributed by atoms with E-state index in [1.54, 1.807) is 12.4 Å². The number of nitrogens with zero attached hydrogens (tertiary/aromatic N) is 2. The molecule has 0 atom stereocenters. The number of thiophene rings is 1. The van der Waals surface area contributed by atoms with E-state index in [0.717, 1.165) is 72.7 Å². The fourth-order valence-corrected chi connectivity index (χ4v) is 6.72. The molecule has 0 bridgehead atoms. The highest BCUT2D eigenvalue weighted by molar-refractivity contribution is 7.21.